The molecule has 2 aromatic heterocycles. The number of H-pyrrole nitrogens is 1. The molecule has 0 aliphatic carbocycles. The third-order valence-corrected chi connectivity index (χ3v) is 3.83. The summed E-state index contributed by atoms with van der Waals surface area (Å²) in [6, 6.07) is 5.22. The van der Waals surface area contributed by atoms with E-state index in [1.54, 1.807) is 11.3 Å². The van der Waals surface area contributed by atoms with Crippen LogP contribution < -0.4 is 10.7 Å². The first-order valence-corrected chi connectivity index (χ1v) is 6.99. The summed E-state index contributed by atoms with van der Waals surface area (Å²) in [6.45, 7) is 4.08. The molecular weight excluding hydrogens is 260 g/mol. The Hall–Kier alpha value is -1.88. The molecule has 1 amide bonds. The Morgan fingerprint density at radius 1 is 1.37 bits per heavy atom. The predicted molar refractivity (Wildman–Crippen MR) is 76.4 cm³/mol. The Morgan fingerprint density at radius 3 is 2.74 bits per heavy atom. The van der Waals surface area contributed by atoms with Crippen LogP contribution in [-0.2, 0) is 0 Å². The normalized spacial score (nSPS) is 12.4. The van der Waals surface area contributed by atoms with Gasteiger partial charge in [-0.15, -0.1) is 11.3 Å². The highest BCUT2D eigenvalue weighted by molar-refractivity contribution is 7.10. The lowest BCUT2D eigenvalue weighted by Crippen LogP contribution is -2.34. The van der Waals surface area contributed by atoms with Crippen LogP contribution in [0, 0.1) is 5.92 Å². The molecule has 5 heteroatoms. The molecule has 100 valence electrons. The van der Waals surface area contributed by atoms with E-state index in [-0.39, 0.29) is 28.9 Å². The van der Waals surface area contributed by atoms with E-state index in [0.717, 1.165) is 4.88 Å². The zero-order chi connectivity index (χ0) is 13.8. The van der Waals surface area contributed by atoms with E-state index in [4.69, 9.17) is 0 Å². The molecule has 0 spiro atoms. The van der Waals surface area contributed by atoms with Crippen molar-refractivity contribution in [2.45, 2.75) is 19.9 Å². The zero-order valence-electron chi connectivity index (χ0n) is 10.8. The molecule has 1 atom stereocenters. The molecule has 0 saturated carbocycles. The number of carbonyl (C=O) groups is 1. The van der Waals surface area contributed by atoms with Crippen LogP contribution >= 0.6 is 11.3 Å². The van der Waals surface area contributed by atoms with E-state index >= 15 is 0 Å². The van der Waals surface area contributed by atoms with Crippen molar-refractivity contribution in [2.75, 3.05) is 0 Å². The van der Waals surface area contributed by atoms with Gasteiger partial charge in [-0.25, -0.2) is 0 Å². The second kappa shape index (κ2) is 5.84. The van der Waals surface area contributed by atoms with Crippen molar-refractivity contribution in [3.8, 4) is 0 Å². The smallest absolute Gasteiger partial charge is 0.257 e. The molecule has 0 aliphatic rings. The van der Waals surface area contributed by atoms with Gasteiger partial charge in [0.25, 0.3) is 5.91 Å². The van der Waals surface area contributed by atoms with Gasteiger partial charge in [0.2, 0.25) is 0 Å². The second-order valence-electron chi connectivity index (χ2n) is 4.63. The van der Waals surface area contributed by atoms with E-state index in [1.807, 2.05) is 31.4 Å². The number of rotatable bonds is 4. The number of carbonyl (C=O) groups excluding carboxylic acids is 1. The molecule has 0 saturated heterocycles. The fraction of sp³-hybridized carbons (Fsp3) is 0.286. The maximum atomic E-state index is 12.1. The van der Waals surface area contributed by atoms with E-state index in [9.17, 15) is 9.59 Å². The van der Waals surface area contributed by atoms with Crippen molar-refractivity contribution in [3.63, 3.8) is 0 Å². The number of nitrogens with one attached hydrogen (secondary N) is 2. The molecule has 19 heavy (non-hydrogen) atoms. The number of hydrogen-bond donors (Lipinski definition) is 2. The molecule has 2 N–H and O–H groups in total. The minimum absolute atomic E-state index is 0.0768. The lowest BCUT2D eigenvalue weighted by molar-refractivity contribution is 0.0925. The third kappa shape index (κ3) is 3.12. The Morgan fingerprint density at radius 2 is 2.16 bits per heavy atom. The van der Waals surface area contributed by atoms with Gasteiger partial charge in [-0.3, -0.25) is 9.59 Å². The van der Waals surface area contributed by atoms with Crippen LogP contribution in [0.15, 0.2) is 40.8 Å². The van der Waals surface area contributed by atoms with Gasteiger partial charge in [0, 0.05) is 23.3 Å². The molecule has 1 unspecified atom stereocenters. The van der Waals surface area contributed by atoms with Crippen molar-refractivity contribution >= 4 is 17.2 Å². The summed E-state index contributed by atoms with van der Waals surface area (Å²) in [5, 5.41) is 4.91. The number of amides is 1. The van der Waals surface area contributed by atoms with Gasteiger partial charge in [-0.05, 0) is 17.4 Å². The topological polar surface area (TPSA) is 62.0 Å². The summed E-state index contributed by atoms with van der Waals surface area (Å²) in [5.41, 5.74) is -0.130. The lowest BCUT2D eigenvalue weighted by atomic mass is 10.0. The molecule has 0 radical (unpaired) electrons. The van der Waals surface area contributed by atoms with Crippen LogP contribution in [0.4, 0.5) is 0 Å². The summed E-state index contributed by atoms with van der Waals surface area (Å²) >= 11 is 1.60. The molecule has 0 aliphatic heterocycles. The molecule has 0 bridgehead atoms. The first kappa shape index (κ1) is 13.5. The highest BCUT2D eigenvalue weighted by atomic mass is 32.1. The number of thiophene rings is 1. The van der Waals surface area contributed by atoms with E-state index < -0.39 is 0 Å². The summed E-state index contributed by atoms with van der Waals surface area (Å²) in [7, 11) is 0. The second-order valence-corrected chi connectivity index (χ2v) is 5.61. The van der Waals surface area contributed by atoms with Gasteiger partial charge in [-0.2, -0.15) is 0 Å². The van der Waals surface area contributed by atoms with Gasteiger partial charge in [0.05, 0.1) is 6.04 Å². The highest BCUT2D eigenvalue weighted by Crippen LogP contribution is 2.25. The maximum Gasteiger partial charge on any atom is 0.257 e. The number of hydrogen-bond acceptors (Lipinski definition) is 3. The average molecular weight is 276 g/mol. The first-order valence-electron chi connectivity index (χ1n) is 6.11. The quantitative estimate of drug-likeness (QED) is 0.901. The van der Waals surface area contributed by atoms with E-state index in [2.05, 4.69) is 10.3 Å². The number of pyridine rings is 1. The molecule has 2 heterocycles. The monoisotopic (exact) mass is 276 g/mol. The molecule has 2 aromatic rings. The van der Waals surface area contributed by atoms with Crippen LogP contribution in [0.1, 0.15) is 35.1 Å². The van der Waals surface area contributed by atoms with E-state index in [0.29, 0.717) is 0 Å². The molecular formula is C14H16N2O2S. The summed E-state index contributed by atoms with van der Waals surface area (Å²) < 4.78 is 0. The summed E-state index contributed by atoms with van der Waals surface area (Å²) in [5.74, 6) is -0.0839. The van der Waals surface area contributed by atoms with Crippen LogP contribution in [0.25, 0.3) is 0 Å². The number of aromatic nitrogens is 1. The minimum Gasteiger partial charge on any atom is -0.367 e. The Kier molecular flexibility index (Phi) is 4.16. The largest absolute Gasteiger partial charge is 0.367 e. The Balaban J connectivity index is 2.21. The summed E-state index contributed by atoms with van der Waals surface area (Å²) in [4.78, 5) is 27.6. The lowest BCUT2D eigenvalue weighted by Gasteiger charge is -2.21. The van der Waals surface area contributed by atoms with Crippen molar-refractivity contribution < 1.29 is 4.79 Å². The van der Waals surface area contributed by atoms with Crippen LogP contribution in [0.5, 0.6) is 0 Å². The molecule has 2 rings (SSSR count). The molecule has 4 nitrogen and oxygen atoms in total. The number of aromatic amines is 1. The van der Waals surface area contributed by atoms with Gasteiger partial charge in [0.15, 0.2) is 5.43 Å². The van der Waals surface area contributed by atoms with Gasteiger partial charge in [0.1, 0.15) is 5.56 Å². The SMILES string of the molecule is CC(C)C(NC(=O)c1c[nH]ccc1=O)c1cccs1. The average Bonchev–Trinajstić information content (AvgIpc) is 2.89. The third-order valence-electron chi connectivity index (χ3n) is 2.87. The van der Waals surface area contributed by atoms with Gasteiger partial charge >= 0.3 is 0 Å². The molecule has 0 aromatic carbocycles. The standard InChI is InChI=1S/C14H16N2O2S/c1-9(2)13(12-4-3-7-19-12)16-14(18)10-8-15-6-5-11(10)17/h3-9,13H,1-2H3,(H,15,17)(H,16,18). The predicted octanol–water partition coefficient (Wildman–Crippen LogP) is 2.56. The fourth-order valence-electron chi connectivity index (χ4n) is 1.85. The van der Waals surface area contributed by atoms with Crippen LogP contribution in [0.3, 0.4) is 0 Å². The Bertz CT molecular complexity index is 602. The van der Waals surface area contributed by atoms with Gasteiger partial charge in [-0.1, -0.05) is 19.9 Å². The fourth-order valence-corrected chi connectivity index (χ4v) is 2.80. The van der Waals surface area contributed by atoms with Crippen molar-refractivity contribution in [2.24, 2.45) is 5.92 Å². The Labute approximate surface area is 115 Å². The highest BCUT2D eigenvalue weighted by Gasteiger charge is 2.21. The minimum atomic E-state index is -0.339. The first-order chi connectivity index (χ1) is 9.09. The van der Waals surface area contributed by atoms with Crippen LogP contribution in [-0.4, -0.2) is 10.9 Å². The van der Waals surface area contributed by atoms with Crippen molar-refractivity contribution in [3.05, 3.63) is 56.6 Å². The van der Waals surface area contributed by atoms with Crippen molar-refractivity contribution in [1.29, 1.82) is 0 Å². The van der Waals surface area contributed by atoms with Crippen molar-refractivity contribution in [1.82, 2.24) is 10.3 Å². The van der Waals surface area contributed by atoms with Crippen LogP contribution in [0.2, 0.25) is 0 Å². The summed E-state index contributed by atoms with van der Waals surface area (Å²) in [6.07, 6.45) is 2.95. The maximum absolute atomic E-state index is 12.1. The van der Waals surface area contributed by atoms with Gasteiger partial charge < -0.3 is 10.3 Å². The van der Waals surface area contributed by atoms with E-state index in [1.165, 1.54) is 18.5 Å². The zero-order valence-corrected chi connectivity index (χ0v) is 11.7. The molecule has 0 fully saturated rings.